The van der Waals surface area contributed by atoms with Gasteiger partial charge in [-0.3, -0.25) is 13.9 Å². The number of aliphatic hydroxyl groups is 2. The first-order chi connectivity index (χ1) is 38.4. The molecule has 4 heterocycles. The maximum Gasteiger partial charge on any atom is 0.340 e. The van der Waals surface area contributed by atoms with Crippen LogP contribution in [0.25, 0.3) is 11.0 Å². The van der Waals surface area contributed by atoms with Crippen molar-refractivity contribution in [3.05, 3.63) is 88.7 Å². The second-order valence-corrected chi connectivity index (χ2v) is 21.6. The molecule has 0 amide bonds. The van der Waals surface area contributed by atoms with E-state index >= 15 is 0 Å². The third kappa shape index (κ3) is 22.5. The molecule has 33 heteroatoms. The minimum Gasteiger partial charge on any atom is -0.491 e. The minimum atomic E-state index is -4.89. The van der Waals surface area contributed by atoms with E-state index in [9.17, 15) is 42.2 Å². The summed E-state index contributed by atoms with van der Waals surface area (Å²) in [5.41, 5.74) is 2.25. The summed E-state index contributed by atoms with van der Waals surface area (Å²) in [6.07, 6.45) is -2.93. The van der Waals surface area contributed by atoms with Crippen molar-refractivity contribution < 1.29 is 109 Å². The van der Waals surface area contributed by atoms with Crippen LogP contribution in [0.3, 0.4) is 0 Å². The van der Waals surface area contributed by atoms with Gasteiger partial charge in [0, 0.05) is 18.7 Å². The lowest BCUT2D eigenvalue weighted by Gasteiger charge is -2.18. The highest BCUT2D eigenvalue weighted by Crippen LogP contribution is 2.55. The monoisotopic (exact) mass is 1200 g/mol. The van der Waals surface area contributed by atoms with Gasteiger partial charge in [0.15, 0.2) is 29.4 Å². The molecule has 1 saturated heterocycles. The van der Waals surface area contributed by atoms with Gasteiger partial charge in [0.05, 0.1) is 149 Å². The summed E-state index contributed by atoms with van der Waals surface area (Å²) in [7, 11) is -9.64. The number of nitrogens with one attached hydrogen (secondary N) is 1. The number of aliphatic hydroxyl groups excluding tert-OH is 2. The van der Waals surface area contributed by atoms with Gasteiger partial charge in [0.2, 0.25) is 5.75 Å². The fraction of sp³-hybridized carbons (Fsp3) is 0.553. The molecule has 1 aliphatic rings. The zero-order valence-electron chi connectivity index (χ0n) is 43.0. The first-order valence-corrected chi connectivity index (χ1v) is 28.8. The van der Waals surface area contributed by atoms with Crippen LogP contribution in [0.5, 0.6) is 11.5 Å². The Balaban J connectivity index is 0.715. The van der Waals surface area contributed by atoms with Crippen LogP contribution in [-0.4, -0.2) is 197 Å². The van der Waals surface area contributed by atoms with E-state index in [1.54, 1.807) is 16.9 Å². The standard InChI is InChI=1S/C47H63ClF3N7O20P2/c48-41-25-39(36-27-53-58(46(36)54-41)47-44(61)43(60)40(77-47)30-76-80(65,66)31-79(62,63)64)52-26-32-2-1-3-35(22-32)75-21-20-73-17-16-71-14-15-72-18-19-74-29-34-28-57(56-55-34)5-7-68-9-11-70-13-12-69-10-8-67-6-4-42(59)78-45-37(50)23-33(49)24-38(45)51/h1-3,22-25,27-28,40,43-44,47,60-61H,4-21,26,29-31H2,(H,52,54)(H,65,66)(H2,62,63,64)/t40-,43-,44-,47-/m1/s1. The largest absolute Gasteiger partial charge is 0.491 e. The number of hydrogen-bond donors (Lipinski definition) is 6. The maximum atomic E-state index is 13.6. The first kappa shape index (κ1) is 64.4. The van der Waals surface area contributed by atoms with Crippen molar-refractivity contribution in [2.75, 3.05) is 124 Å². The highest BCUT2D eigenvalue weighted by atomic mass is 35.5. The molecule has 0 bridgehead atoms. The van der Waals surface area contributed by atoms with Crippen LogP contribution < -0.4 is 14.8 Å². The van der Waals surface area contributed by atoms with E-state index in [-0.39, 0.29) is 43.6 Å². The molecule has 6 rings (SSSR count). The van der Waals surface area contributed by atoms with Crippen LogP contribution in [0.15, 0.2) is 54.9 Å². The van der Waals surface area contributed by atoms with Gasteiger partial charge in [-0.05, 0) is 23.8 Å². The van der Waals surface area contributed by atoms with Crippen molar-refractivity contribution in [1.29, 1.82) is 0 Å². The Morgan fingerprint density at radius 3 is 2.00 bits per heavy atom. The zero-order valence-corrected chi connectivity index (χ0v) is 45.6. The van der Waals surface area contributed by atoms with Gasteiger partial charge in [-0.15, -0.1) is 5.10 Å². The molecule has 5 aromatic rings. The first-order valence-electron chi connectivity index (χ1n) is 24.8. The van der Waals surface area contributed by atoms with Gasteiger partial charge < -0.3 is 86.8 Å². The number of benzene rings is 2. The Morgan fingerprint density at radius 2 is 1.36 bits per heavy atom. The van der Waals surface area contributed by atoms with Crippen molar-refractivity contribution in [2.24, 2.45) is 0 Å². The van der Waals surface area contributed by atoms with Crippen LogP contribution in [0.1, 0.15) is 23.9 Å². The second kappa shape index (κ2) is 33.3. The maximum absolute atomic E-state index is 13.6. The number of hydrogen-bond acceptors (Lipinski definition) is 22. The molecule has 0 radical (unpaired) electrons. The van der Waals surface area contributed by atoms with Gasteiger partial charge in [-0.25, -0.2) is 27.5 Å². The lowest BCUT2D eigenvalue weighted by atomic mass is 10.1. The average Bonchev–Trinajstić information content (AvgIpc) is 4.12. The summed E-state index contributed by atoms with van der Waals surface area (Å²) in [4.78, 5) is 44.0. The summed E-state index contributed by atoms with van der Waals surface area (Å²) in [5.74, 6) is -6.46. The normalized spacial score (nSPS) is 17.3. The highest BCUT2D eigenvalue weighted by Gasteiger charge is 2.46. The fourth-order valence-electron chi connectivity index (χ4n) is 7.23. The van der Waals surface area contributed by atoms with Crippen molar-refractivity contribution >= 4 is 49.5 Å². The minimum absolute atomic E-state index is 0.0620. The topological polar surface area (TPSA) is 337 Å². The Hall–Kier alpha value is -4.79. The Labute approximate surface area is 461 Å². The van der Waals surface area contributed by atoms with Crippen molar-refractivity contribution in [3.63, 3.8) is 0 Å². The number of halogens is 4. The zero-order chi connectivity index (χ0) is 57.3. The van der Waals surface area contributed by atoms with Gasteiger partial charge >= 0.3 is 21.2 Å². The van der Waals surface area contributed by atoms with E-state index in [1.165, 1.54) is 10.9 Å². The number of carbonyl (C=O) groups is 1. The van der Waals surface area contributed by atoms with Crippen LogP contribution >= 0.6 is 26.8 Å². The van der Waals surface area contributed by atoms with Gasteiger partial charge in [0.25, 0.3) is 0 Å². The number of carbonyl (C=O) groups excluding carboxylic acids is 1. The Morgan fingerprint density at radius 1 is 0.762 bits per heavy atom. The molecule has 80 heavy (non-hydrogen) atoms. The van der Waals surface area contributed by atoms with E-state index in [1.807, 2.05) is 24.3 Å². The SMILES string of the molecule is O=C(CCOCCOCCOCCOCCn1cc(COCCOCCOCCOCCOc2cccc(CNc3cc(Cl)nc4c3cnn4[C@@H]3O[C@H](COP(=O)(O)CP(=O)(O)O)[C@@H](O)[C@H]3O)c2)nn1)Oc1c(F)cc(F)cc1F. The number of fused-ring (bicyclic) bond motifs is 1. The van der Waals surface area contributed by atoms with Crippen LogP contribution in [-0.2, 0) is 80.8 Å². The number of nitrogens with zero attached hydrogens (tertiary/aromatic N) is 6. The van der Waals surface area contributed by atoms with Gasteiger partial charge in [-0.1, -0.05) is 28.9 Å². The molecular formula is C47H63ClF3N7O20P2. The molecule has 0 aliphatic carbocycles. The Bertz CT molecular complexity index is 2760. The summed E-state index contributed by atoms with van der Waals surface area (Å²) in [5, 5.41) is 37.7. The number of ether oxygens (including phenoxy) is 11. The molecule has 1 aliphatic heterocycles. The molecule has 3 aromatic heterocycles. The Kier molecular flexibility index (Phi) is 26.8. The second-order valence-electron chi connectivity index (χ2n) is 17.2. The molecule has 1 fully saturated rings. The molecule has 0 spiro atoms. The fourth-order valence-corrected chi connectivity index (χ4v) is 9.99. The molecule has 1 unspecified atom stereocenters. The average molecular weight is 1200 g/mol. The molecule has 5 atom stereocenters. The summed E-state index contributed by atoms with van der Waals surface area (Å²) in [6, 6.07) is 9.81. The highest BCUT2D eigenvalue weighted by molar-refractivity contribution is 7.70. The predicted molar refractivity (Wildman–Crippen MR) is 272 cm³/mol. The van der Waals surface area contributed by atoms with E-state index < -0.39 is 81.4 Å². The summed E-state index contributed by atoms with van der Waals surface area (Å²) >= 11 is 6.36. The van der Waals surface area contributed by atoms with Crippen LogP contribution in [0, 0.1) is 17.5 Å². The van der Waals surface area contributed by atoms with E-state index in [4.69, 9.17) is 73.3 Å². The molecule has 27 nitrogen and oxygen atoms in total. The van der Waals surface area contributed by atoms with Gasteiger partial charge in [0.1, 0.15) is 47.3 Å². The number of anilines is 1. The van der Waals surface area contributed by atoms with Gasteiger partial charge in [-0.2, -0.15) is 5.10 Å². The van der Waals surface area contributed by atoms with Crippen molar-refractivity contribution in [3.8, 4) is 11.5 Å². The number of pyridine rings is 1. The van der Waals surface area contributed by atoms with E-state index in [0.29, 0.717) is 134 Å². The summed E-state index contributed by atoms with van der Waals surface area (Å²) < 4.78 is 131. The number of aromatic nitrogens is 6. The molecule has 2 aromatic carbocycles. The third-order valence-corrected chi connectivity index (χ3v) is 14.6. The molecule has 0 saturated carbocycles. The van der Waals surface area contributed by atoms with E-state index in [0.717, 1.165) is 5.56 Å². The lowest BCUT2D eigenvalue weighted by molar-refractivity contribution is -0.136. The van der Waals surface area contributed by atoms with Crippen LogP contribution in [0.4, 0.5) is 18.9 Å². The summed E-state index contributed by atoms with van der Waals surface area (Å²) in [6.45, 7) is 5.25. The number of rotatable bonds is 40. The number of esters is 1. The van der Waals surface area contributed by atoms with Crippen molar-refractivity contribution in [2.45, 2.75) is 50.7 Å². The molecular weight excluding hydrogens is 1140 g/mol. The smallest absolute Gasteiger partial charge is 0.340 e. The lowest BCUT2D eigenvalue weighted by Crippen LogP contribution is -2.33. The quantitative estimate of drug-likeness (QED) is 0.0108. The van der Waals surface area contributed by atoms with Crippen molar-refractivity contribution in [1.82, 2.24) is 29.8 Å². The molecule has 6 N–H and O–H groups in total. The van der Waals surface area contributed by atoms with Crippen LogP contribution in [0.2, 0.25) is 5.15 Å². The third-order valence-electron chi connectivity index (χ3n) is 11.0. The van der Waals surface area contributed by atoms with E-state index in [2.05, 4.69) is 30.4 Å². The molecule has 444 valence electrons. The predicted octanol–water partition coefficient (Wildman–Crippen LogP) is 3.37.